The molecule has 0 aromatic carbocycles. The van der Waals surface area contributed by atoms with Gasteiger partial charge in [-0.25, -0.2) is 0 Å². The third kappa shape index (κ3) is 10.5. The molecule has 0 aliphatic heterocycles. The Morgan fingerprint density at radius 3 is 2.53 bits per heavy atom. The van der Waals surface area contributed by atoms with E-state index >= 15 is 0 Å². The van der Waals surface area contributed by atoms with Gasteiger partial charge in [0.2, 0.25) is 0 Å². The van der Waals surface area contributed by atoms with Gasteiger partial charge < -0.3 is 14.7 Å². The van der Waals surface area contributed by atoms with Crippen LogP contribution in [-0.2, 0) is 9.53 Å². The number of rotatable bonds is 7. The first-order valence-electron chi connectivity index (χ1n) is 5.89. The SMILES string of the molecule is CN(CCCC(=O)OC(C)(C)C)C[C@@H](O)CCl. The minimum Gasteiger partial charge on any atom is -0.460 e. The summed E-state index contributed by atoms with van der Waals surface area (Å²) in [5, 5.41) is 9.32. The first-order chi connectivity index (χ1) is 7.74. The fourth-order valence-corrected chi connectivity index (χ4v) is 1.48. The molecule has 0 unspecified atom stereocenters. The van der Waals surface area contributed by atoms with Crippen molar-refractivity contribution in [3.05, 3.63) is 0 Å². The van der Waals surface area contributed by atoms with Crippen molar-refractivity contribution >= 4 is 17.6 Å². The summed E-state index contributed by atoms with van der Waals surface area (Å²) in [5.74, 6) is 0.0555. The average molecular weight is 266 g/mol. The second kappa shape index (κ2) is 7.90. The van der Waals surface area contributed by atoms with Crippen LogP contribution in [0.15, 0.2) is 0 Å². The molecule has 0 fully saturated rings. The number of carbonyl (C=O) groups excluding carboxylic acids is 1. The van der Waals surface area contributed by atoms with E-state index in [9.17, 15) is 9.90 Å². The van der Waals surface area contributed by atoms with E-state index in [1.165, 1.54) is 0 Å². The van der Waals surface area contributed by atoms with Crippen LogP contribution in [0, 0.1) is 0 Å². The van der Waals surface area contributed by atoms with Crippen LogP contribution in [-0.4, -0.2) is 53.7 Å². The van der Waals surface area contributed by atoms with Gasteiger partial charge in [-0.15, -0.1) is 11.6 Å². The molecule has 17 heavy (non-hydrogen) atoms. The molecule has 4 nitrogen and oxygen atoms in total. The number of alkyl halides is 1. The van der Waals surface area contributed by atoms with Crippen molar-refractivity contribution in [3.63, 3.8) is 0 Å². The molecule has 1 atom stereocenters. The van der Waals surface area contributed by atoms with Gasteiger partial charge in [0.15, 0.2) is 0 Å². The van der Waals surface area contributed by atoms with E-state index in [1.54, 1.807) is 0 Å². The van der Waals surface area contributed by atoms with Crippen LogP contribution < -0.4 is 0 Å². The van der Waals surface area contributed by atoms with Gasteiger partial charge >= 0.3 is 5.97 Å². The van der Waals surface area contributed by atoms with Gasteiger partial charge in [0, 0.05) is 18.8 Å². The van der Waals surface area contributed by atoms with Crippen molar-refractivity contribution < 1.29 is 14.6 Å². The average Bonchev–Trinajstić information content (AvgIpc) is 2.14. The van der Waals surface area contributed by atoms with Crippen LogP contribution in [0.2, 0.25) is 0 Å². The molecule has 0 aliphatic carbocycles. The molecule has 0 spiro atoms. The molecule has 0 saturated heterocycles. The smallest absolute Gasteiger partial charge is 0.306 e. The fraction of sp³-hybridized carbons (Fsp3) is 0.917. The Balaban J connectivity index is 3.66. The number of nitrogens with zero attached hydrogens (tertiary/aromatic N) is 1. The topological polar surface area (TPSA) is 49.8 Å². The number of halogens is 1. The van der Waals surface area contributed by atoms with Crippen molar-refractivity contribution in [3.8, 4) is 0 Å². The minimum atomic E-state index is -0.511. The van der Waals surface area contributed by atoms with E-state index in [0.717, 1.165) is 13.0 Å². The van der Waals surface area contributed by atoms with Crippen LogP contribution >= 0.6 is 11.6 Å². The van der Waals surface area contributed by atoms with Crippen LogP contribution in [0.25, 0.3) is 0 Å². The summed E-state index contributed by atoms with van der Waals surface area (Å²) in [5.41, 5.74) is -0.419. The maximum absolute atomic E-state index is 11.4. The van der Waals surface area contributed by atoms with Crippen molar-refractivity contribution in [2.24, 2.45) is 0 Å². The van der Waals surface area contributed by atoms with E-state index < -0.39 is 11.7 Å². The lowest BCUT2D eigenvalue weighted by Gasteiger charge is -2.21. The molecule has 0 aromatic rings. The first kappa shape index (κ1) is 16.7. The maximum atomic E-state index is 11.4. The highest BCUT2D eigenvalue weighted by molar-refractivity contribution is 6.18. The second-order valence-corrected chi connectivity index (χ2v) is 5.57. The van der Waals surface area contributed by atoms with E-state index in [2.05, 4.69) is 0 Å². The largest absolute Gasteiger partial charge is 0.460 e. The second-order valence-electron chi connectivity index (χ2n) is 5.26. The first-order valence-corrected chi connectivity index (χ1v) is 6.42. The number of carbonyl (C=O) groups is 1. The zero-order valence-electron chi connectivity index (χ0n) is 11.2. The Bertz CT molecular complexity index is 228. The highest BCUT2D eigenvalue weighted by atomic mass is 35.5. The van der Waals surface area contributed by atoms with Gasteiger partial charge in [-0.1, -0.05) is 0 Å². The van der Waals surface area contributed by atoms with Crippen LogP contribution in [0.1, 0.15) is 33.6 Å². The fourth-order valence-electron chi connectivity index (χ4n) is 1.39. The molecule has 0 amide bonds. The van der Waals surface area contributed by atoms with Gasteiger partial charge in [0.1, 0.15) is 5.60 Å². The predicted octanol–water partition coefficient (Wildman–Crippen LogP) is 1.64. The van der Waals surface area contributed by atoms with Crippen molar-refractivity contribution in [1.29, 1.82) is 0 Å². The summed E-state index contributed by atoms with van der Waals surface area (Å²) in [7, 11) is 1.89. The van der Waals surface area contributed by atoms with E-state index in [0.29, 0.717) is 13.0 Å². The van der Waals surface area contributed by atoms with Gasteiger partial charge in [-0.2, -0.15) is 0 Å². The van der Waals surface area contributed by atoms with Gasteiger partial charge in [0.05, 0.1) is 6.10 Å². The van der Waals surface area contributed by atoms with E-state index in [4.69, 9.17) is 16.3 Å². The van der Waals surface area contributed by atoms with Crippen molar-refractivity contribution in [1.82, 2.24) is 4.90 Å². The molecule has 0 radical (unpaired) electrons. The zero-order chi connectivity index (χ0) is 13.5. The summed E-state index contributed by atoms with van der Waals surface area (Å²) in [6.07, 6.45) is 0.613. The highest BCUT2D eigenvalue weighted by Crippen LogP contribution is 2.09. The van der Waals surface area contributed by atoms with Crippen LogP contribution in [0.3, 0.4) is 0 Å². The third-order valence-corrected chi connectivity index (χ3v) is 2.40. The Kier molecular flexibility index (Phi) is 7.75. The maximum Gasteiger partial charge on any atom is 0.306 e. The lowest BCUT2D eigenvalue weighted by molar-refractivity contribution is -0.154. The van der Waals surface area contributed by atoms with Gasteiger partial charge in [-0.05, 0) is 40.8 Å². The molecular weight excluding hydrogens is 242 g/mol. The predicted molar refractivity (Wildman–Crippen MR) is 69.3 cm³/mol. The van der Waals surface area contributed by atoms with Gasteiger partial charge in [-0.3, -0.25) is 4.79 Å². The van der Waals surface area contributed by atoms with Crippen LogP contribution in [0.5, 0.6) is 0 Å². The van der Waals surface area contributed by atoms with Crippen molar-refractivity contribution in [2.45, 2.75) is 45.3 Å². The highest BCUT2D eigenvalue weighted by Gasteiger charge is 2.16. The molecular formula is C12H24ClNO3. The molecule has 0 aliphatic rings. The Morgan fingerprint density at radius 1 is 1.47 bits per heavy atom. The van der Waals surface area contributed by atoms with E-state index in [-0.39, 0.29) is 11.8 Å². The van der Waals surface area contributed by atoms with Crippen LogP contribution in [0.4, 0.5) is 0 Å². The normalized spacial score (nSPS) is 13.8. The molecule has 0 aromatic heterocycles. The summed E-state index contributed by atoms with van der Waals surface area (Å²) in [4.78, 5) is 13.4. The molecule has 0 bridgehead atoms. The number of hydrogen-bond acceptors (Lipinski definition) is 4. The lowest BCUT2D eigenvalue weighted by Crippen LogP contribution is -2.31. The summed E-state index contributed by atoms with van der Waals surface area (Å²) < 4.78 is 5.19. The molecule has 5 heteroatoms. The number of hydrogen-bond donors (Lipinski definition) is 1. The van der Waals surface area contributed by atoms with Gasteiger partial charge in [0.25, 0.3) is 0 Å². The number of aliphatic hydroxyl groups is 1. The lowest BCUT2D eigenvalue weighted by atomic mass is 10.2. The number of ether oxygens (including phenoxy) is 1. The van der Waals surface area contributed by atoms with Crippen molar-refractivity contribution in [2.75, 3.05) is 26.0 Å². The number of likely N-dealkylation sites (N-methyl/N-ethyl adjacent to an activating group) is 1. The summed E-state index contributed by atoms with van der Waals surface area (Å²) >= 11 is 5.50. The quantitative estimate of drug-likeness (QED) is 0.562. The monoisotopic (exact) mass is 265 g/mol. The third-order valence-electron chi connectivity index (χ3n) is 2.04. The number of esters is 1. The van der Waals surface area contributed by atoms with E-state index in [1.807, 2.05) is 32.7 Å². The minimum absolute atomic E-state index is 0.177. The molecule has 0 rings (SSSR count). The Labute approximate surface area is 109 Å². The molecule has 1 N–H and O–H groups in total. The number of aliphatic hydroxyl groups excluding tert-OH is 1. The molecule has 0 heterocycles. The summed E-state index contributed by atoms with van der Waals surface area (Å²) in [6, 6.07) is 0. The standard InChI is InChI=1S/C12H24ClNO3/c1-12(2,3)17-11(16)6-5-7-14(4)9-10(15)8-13/h10,15H,5-9H2,1-4H3/t10-/m0/s1. The Hall–Kier alpha value is -0.320. The zero-order valence-corrected chi connectivity index (χ0v) is 12.0. The molecule has 0 saturated carbocycles. The molecule has 102 valence electrons. The Morgan fingerprint density at radius 2 is 2.06 bits per heavy atom. The summed E-state index contributed by atoms with van der Waals surface area (Å²) in [6.45, 7) is 6.83.